The molecule has 5 atom stereocenters. The molecule has 2 aromatic heterocycles. The Balaban J connectivity index is 1.06. The average Bonchev–Trinajstić information content (AvgIpc) is 3.88. The molecule has 63 heavy (non-hydrogen) atoms. The zero-order valence-corrected chi connectivity index (χ0v) is 35.5. The lowest BCUT2D eigenvalue weighted by molar-refractivity contribution is -0.143. The minimum absolute atomic E-state index is 0.0462. The van der Waals surface area contributed by atoms with E-state index in [0.717, 1.165) is 37.8 Å². The molecule has 3 aliphatic carbocycles. The van der Waals surface area contributed by atoms with E-state index in [9.17, 15) is 40.8 Å². The maximum atomic E-state index is 14.8. The molecule has 0 radical (unpaired) electrons. The molecule has 334 valence electrons. The highest BCUT2D eigenvalue weighted by Crippen LogP contribution is 2.48. The first-order valence-electron chi connectivity index (χ1n) is 21.8. The first kappa shape index (κ1) is 42.8. The van der Waals surface area contributed by atoms with Gasteiger partial charge in [-0.15, -0.1) is 0 Å². The van der Waals surface area contributed by atoms with Gasteiger partial charge < -0.3 is 24.7 Å². The monoisotopic (exact) mass is 890 g/mol. The van der Waals surface area contributed by atoms with Crippen molar-refractivity contribution in [3.05, 3.63) is 66.2 Å². The summed E-state index contributed by atoms with van der Waals surface area (Å²) in [5.41, 5.74) is -1.26. The Morgan fingerprint density at radius 1 is 0.968 bits per heavy atom. The highest BCUT2D eigenvalue weighted by molar-refractivity contribution is 7.91. The number of carbonyl (C=O) groups is 4. The Morgan fingerprint density at radius 2 is 1.70 bits per heavy atom. The predicted molar refractivity (Wildman–Crippen MR) is 224 cm³/mol. The van der Waals surface area contributed by atoms with Crippen LogP contribution in [0.15, 0.2) is 65.1 Å². The van der Waals surface area contributed by atoms with Crippen molar-refractivity contribution in [1.82, 2.24) is 30.2 Å². The van der Waals surface area contributed by atoms with E-state index in [1.807, 2.05) is 12.2 Å². The number of hydrogen-bond donors (Lipinski definition) is 3. The molecule has 1 saturated heterocycles. The second-order valence-corrected chi connectivity index (χ2v) is 20.1. The molecular weight excluding hydrogens is 842 g/mol. The van der Waals surface area contributed by atoms with E-state index in [0.29, 0.717) is 61.4 Å². The van der Waals surface area contributed by atoms with Crippen molar-refractivity contribution >= 4 is 55.7 Å². The molecule has 4 heterocycles. The maximum Gasteiger partial charge on any atom is 0.416 e. The standard InChI is InChI=1S/C45H49F3N6O8S/c1-43(21-22-43)63(59,60)53-42(58)44-24-29(44)13-5-3-2-4-6-15-32(49-38(55)27-11-7-8-12-27)41(57)54-25-30(23-33(54)39(56)52-44)61-40-36-35(31-14-9-10-16-34(31)62-36)50-37(51-40)26-17-19-28(20-18-26)45(46,47)48/h5,9-10,13-14,16-20,27,29-30,32-33H,2-4,6-8,11-12,15,21-25H2,1H3,(H,49,55)(H,52,56)(H,53,58)/t29-,30-,32+,33+,44-/m1/s1. The van der Waals surface area contributed by atoms with Gasteiger partial charge >= 0.3 is 6.18 Å². The van der Waals surface area contributed by atoms with Crippen LogP contribution in [0.25, 0.3) is 33.5 Å². The molecule has 0 spiro atoms. The summed E-state index contributed by atoms with van der Waals surface area (Å²) in [5, 5.41) is 6.48. The largest absolute Gasteiger partial charge is 0.470 e. The van der Waals surface area contributed by atoms with Gasteiger partial charge in [0.1, 0.15) is 34.8 Å². The lowest BCUT2D eigenvalue weighted by Gasteiger charge is -2.30. The number of amides is 4. The highest BCUT2D eigenvalue weighted by Gasteiger charge is 2.63. The van der Waals surface area contributed by atoms with Crippen LogP contribution in [0.5, 0.6) is 5.88 Å². The SMILES string of the molecule is CC1(S(=O)(=O)NC(=O)[C@@]23C[C@H]2C=CCCCCC[C@H](NC(=O)C2CCCC2)C(=O)N2C[C@H](Oc4nc(-c5ccc(C(F)(F)F)cc5)nc5c4oc4ccccc45)C[C@H]2C(=O)N3)CC1. The predicted octanol–water partition coefficient (Wildman–Crippen LogP) is 6.48. The number of aromatic nitrogens is 2. The van der Waals surface area contributed by atoms with Crippen LogP contribution in [0.4, 0.5) is 13.2 Å². The van der Waals surface area contributed by atoms with E-state index >= 15 is 0 Å². The number of para-hydroxylation sites is 1. The number of hydrogen-bond acceptors (Lipinski definition) is 10. The van der Waals surface area contributed by atoms with Gasteiger partial charge in [0.25, 0.3) is 11.8 Å². The van der Waals surface area contributed by atoms with Crippen LogP contribution in [-0.4, -0.2) is 81.9 Å². The molecule has 14 nitrogen and oxygen atoms in total. The highest BCUT2D eigenvalue weighted by atomic mass is 32.2. The van der Waals surface area contributed by atoms with E-state index in [1.165, 1.54) is 17.0 Å². The van der Waals surface area contributed by atoms with Gasteiger partial charge in [-0.1, -0.05) is 62.1 Å². The van der Waals surface area contributed by atoms with Crippen LogP contribution in [0.3, 0.4) is 0 Å². The molecule has 4 aromatic rings. The third-order valence-electron chi connectivity index (χ3n) is 13.5. The zero-order chi connectivity index (χ0) is 44.3. The Labute approximate surface area is 361 Å². The smallest absolute Gasteiger partial charge is 0.416 e. The number of nitrogens with zero attached hydrogens (tertiary/aromatic N) is 3. The minimum Gasteiger partial charge on any atom is -0.470 e. The molecule has 0 unspecified atom stereocenters. The lowest BCUT2D eigenvalue weighted by atomic mass is 10.0. The number of fused-ring (bicyclic) bond motifs is 5. The molecule has 3 saturated carbocycles. The van der Waals surface area contributed by atoms with Crippen molar-refractivity contribution in [1.29, 1.82) is 0 Å². The summed E-state index contributed by atoms with van der Waals surface area (Å²) < 4.78 is 80.9. The number of benzene rings is 2. The number of ether oxygens (including phenoxy) is 1. The van der Waals surface area contributed by atoms with Crippen LogP contribution in [-0.2, 0) is 35.4 Å². The van der Waals surface area contributed by atoms with Gasteiger partial charge in [-0.3, -0.25) is 23.9 Å². The fraction of sp³-hybridized carbons (Fsp3) is 0.511. The molecule has 4 fully saturated rings. The normalized spacial score (nSPS) is 26.6. The Kier molecular flexibility index (Phi) is 11.0. The summed E-state index contributed by atoms with van der Waals surface area (Å²) in [6.45, 7) is 1.41. The van der Waals surface area contributed by atoms with E-state index in [1.54, 1.807) is 31.2 Å². The van der Waals surface area contributed by atoms with Gasteiger partial charge in [-0.2, -0.15) is 18.2 Å². The number of rotatable bonds is 8. The summed E-state index contributed by atoms with van der Waals surface area (Å²) in [6.07, 6.45) is 5.50. The molecule has 3 N–H and O–H groups in total. The minimum atomic E-state index is -4.56. The van der Waals surface area contributed by atoms with Crippen molar-refractivity contribution in [2.75, 3.05) is 6.54 Å². The quantitative estimate of drug-likeness (QED) is 0.165. The Bertz CT molecular complexity index is 2610. The van der Waals surface area contributed by atoms with Crippen molar-refractivity contribution in [2.24, 2.45) is 11.8 Å². The summed E-state index contributed by atoms with van der Waals surface area (Å²) in [4.78, 5) is 67.7. The molecule has 2 aromatic carbocycles. The summed E-state index contributed by atoms with van der Waals surface area (Å²) >= 11 is 0. The maximum absolute atomic E-state index is 14.8. The summed E-state index contributed by atoms with van der Waals surface area (Å²) in [7, 11) is -4.06. The average molecular weight is 891 g/mol. The van der Waals surface area contributed by atoms with E-state index in [4.69, 9.17) is 9.15 Å². The third-order valence-corrected chi connectivity index (χ3v) is 15.6. The Hall–Kier alpha value is -5.52. The number of carbonyl (C=O) groups excluding carboxylic acids is 4. The van der Waals surface area contributed by atoms with Crippen molar-refractivity contribution < 1.29 is 49.9 Å². The van der Waals surface area contributed by atoms with Gasteiger partial charge in [0.15, 0.2) is 5.82 Å². The molecule has 5 aliphatic rings. The third kappa shape index (κ3) is 8.37. The molecular formula is C45H49F3N6O8S. The van der Waals surface area contributed by atoms with Crippen LogP contribution >= 0.6 is 0 Å². The summed E-state index contributed by atoms with van der Waals surface area (Å²) in [6, 6.07) is 9.22. The number of nitrogens with one attached hydrogen (secondary N) is 3. The second kappa shape index (κ2) is 16.2. The van der Waals surface area contributed by atoms with Gasteiger partial charge in [-0.25, -0.2) is 13.4 Å². The number of furan rings is 1. The van der Waals surface area contributed by atoms with Crippen LogP contribution in [0.1, 0.15) is 96.0 Å². The lowest BCUT2D eigenvalue weighted by Crippen LogP contribution is -2.58. The van der Waals surface area contributed by atoms with E-state index in [2.05, 4.69) is 25.3 Å². The molecule has 0 bridgehead atoms. The van der Waals surface area contributed by atoms with Gasteiger partial charge in [0.2, 0.25) is 33.3 Å². The summed E-state index contributed by atoms with van der Waals surface area (Å²) in [5.74, 6) is -3.02. The van der Waals surface area contributed by atoms with Crippen molar-refractivity contribution in [3.8, 4) is 17.3 Å². The number of alkyl halides is 3. The first-order valence-corrected chi connectivity index (χ1v) is 23.2. The number of halogens is 3. The molecule has 2 aliphatic heterocycles. The van der Waals surface area contributed by atoms with Gasteiger partial charge in [0.05, 0.1) is 16.9 Å². The fourth-order valence-corrected chi connectivity index (χ4v) is 10.5. The zero-order valence-electron chi connectivity index (χ0n) is 34.7. The van der Waals surface area contributed by atoms with E-state index in [-0.39, 0.29) is 54.1 Å². The van der Waals surface area contributed by atoms with Gasteiger partial charge in [0, 0.05) is 29.2 Å². The number of sulfonamides is 1. The fourth-order valence-electron chi connectivity index (χ4n) is 9.16. The van der Waals surface area contributed by atoms with Crippen LogP contribution in [0.2, 0.25) is 0 Å². The Morgan fingerprint density at radius 3 is 2.43 bits per heavy atom. The molecule has 4 amide bonds. The van der Waals surface area contributed by atoms with E-state index < -0.39 is 73.9 Å². The van der Waals surface area contributed by atoms with Crippen LogP contribution in [0, 0.1) is 11.8 Å². The molecule has 9 rings (SSSR count). The van der Waals surface area contributed by atoms with Gasteiger partial charge in [-0.05, 0) is 82.6 Å². The van der Waals surface area contributed by atoms with Crippen LogP contribution < -0.4 is 20.1 Å². The first-order chi connectivity index (χ1) is 30.0. The second-order valence-electron chi connectivity index (χ2n) is 17.9. The van der Waals surface area contributed by atoms with Crippen molar-refractivity contribution in [2.45, 2.75) is 125 Å². The number of allylic oxidation sites excluding steroid dienone is 1. The topological polar surface area (TPSA) is 190 Å². The molecule has 18 heteroatoms. The van der Waals surface area contributed by atoms with Crippen molar-refractivity contribution in [3.63, 3.8) is 0 Å².